The molecule has 1 aromatic heterocycles. The van der Waals surface area contributed by atoms with Crippen molar-refractivity contribution in [2.24, 2.45) is 0 Å². The third-order valence-electron chi connectivity index (χ3n) is 3.45. The average Bonchev–Trinajstić information content (AvgIpc) is 2.84. The van der Waals surface area contributed by atoms with Crippen LogP contribution in [-0.4, -0.2) is 25.2 Å². The molecule has 20 heavy (non-hydrogen) atoms. The predicted molar refractivity (Wildman–Crippen MR) is 78.1 cm³/mol. The van der Waals surface area contributed by atoms with E-state index in [0.717, 1.165) is 33.1 Å². The number of hydrogen-bond acceptors (Lipinski definition) is 3. The van der Waals surface area contributed by atoms with Crippen molar-refractivity contribution >= 4 is 27.8 Å². The number of benzene rings is 2. The van der Waals surface area contributed by atoms with Crippen molar-refractivity contribution < 1.29 is 14.3 Å². The number of esters is 1. The van der Waals surface area contributed by atoms with Crippen molar-refractivity contribution in [1.29, 1.82) is 0 Å². The van der Waals surface area contributed by atoms with E-state index in [2.05, 4.69) is 4.98 Å². The molecule has 1 heterocycles. The first-order valence-electron chi connectivity index (χ1n) is 6.36. The van der Waals surface area contributed by atoms with Gasteiger partial charge in [-0.1, -0.05) is 6.07 Å². The molecule has 0 bridgehead atoms. The number of nitrogens with one attached hydrogen (secondary N) is 1. The van der Waals surface area contributed by atoms with E-state index in [-0.39, 0.29) is 12.4 Å². The van der Waals surface area contributed by atoms with Gasteiger partial charge >= 0.3 is 5.97 Å². The Bertz CT molecular complexity index is 789. The van der Waals surface area contributed by atoms with E-state index in [1.165, 1.54) is 7.11 Å². The van der Waals surface area contributed by atoms with Crippen LogP contribution in [0.5, 0.6) is 5.75 Å². The van der Waals surface area contributed by atoms with Gasteiger partial charge in [-0.15, -0.1) is 0 Å². The van der Waals surface area contributed by atoms with Crippen LogP contribution in [0.1, 0.15) is 5.56 Å². The average molecular weight is 269 g/mol. The second-order valence-corrected chi connectivity index (χ2v) is 4.67. The van der Waals surface area contributed by atoms with Crippen LogP contribution in [0.2, 0.25) is 0 Å². The van der Waals surface area contributed by atoms with Crippen molar-refractivity contribution in [2.75, 3.05) is 14.2 Å². The summed E-state index contributed by atoms with van der Waals surface area (Å²) in [5, 5.41) is 2.17. The Morgan fingerprint density at radius 2 is 1.75 bits per heavy atom. The number of carbonyl (C=O) groups is 1. The van der Waals surface area contributed by atoms with E-state index in [1.807, 2.05) is 36.4 Å². The van der Waals surface area contributed by atoms with Crippen molar-refractivity contribution in [3.8, 4) is 5.75 Å². The number of aromatic amines is 1. The second kappa shape index (κ2) is 4.89. The van der Waals surface area contributed by atoms with Crippen molar-refractivity contribution in [1.82, 2.24) is 4.98 Å². The van der Waals surface area contributed by atoms with E-state index in [4.69, 9.17) is 9.47 Å². The van der Waals surface area contributed by atoms with Gasteiger partial charge in [0.25, 0.3) is 0 Å². The Hall–Kier alpha value is -2.49. The largest absolute Gasteiger partial charge is 0.497 e. The standard InChI is InChI=1S/C16H15NO3/c1-19-11-4-6-15-13(9-11)12-7-10(8-16(18)20-2)3-5-14(12)17-15/h3-7,9,17H,8H2,1-2H3. The quantitative estimate of drug-likeness (QED) is 0.743. The molecule has 4 heteroatoms. The maximum atomic E-state index is 11.4. The van der Waals surface area contributed by atoms with Gasteiger partial charge < -0.3 is 14.5 Å². The lowest BCUT2D eigenvalue weighted by Crippen LogP contribution is -2.03. The summed E-state index contributed by atoms with van der Waals surface area (Å²) in [6, 6.07) is 11.9. The van der Waals surface area contributed by atoms with Crippen molar-refractivity contribution in [3.63, 3.8) is 0 Å². The zero-order valence-electron chi connectivity index (χ0n) is 11.4. The van der Waals surface area contributed by atoms with Gasteiger partial charge in [0.05, 0.1) is 20.6 Å². The topological polar surface area (TPSA) is 51.3 Å². The highest BCUT2D eigenvalue weighted by Gasteiger charge is 2.08. The monoisotopic (exact) mass is 269 g/mol. The Kier molecular flexibility index (Phi) is 3.06. The normalized spacial score (nSPS) is 10.9. The molecule has 2 aromatic carbocycles. The van der Waals surface area contributed by atoms with Crippen LogP contribution in [0.3, 0.4) is 0 Å². The molecule has 0 fully saturated rings. The maximum Gasteiger partial charge on any atom is 0.309 e. The molecule has 3 aromatic rings. The minimum atomic E-state index is -0.234. The van der Waals surface area contributed by atoms with Crippen LogP contribution in [-0.2, 0) is 16.0 Å². The number of methoxy groups -OCH3 is 2. The van der Waals surface area contributed by atoms with E-state index < -0.39 is 0 Å². The van der Waals surface area contributed by atoms with Gasteiger partial charge in [0.15, 0.2) is 0 Å². The van der Waals surface area contributed by atoms with E-state index in [9.17, 15) is 4.79 Å². The van der Waals surface area contributed by atoms with E-state index in [1.54, 1.807) is 7.11 Å². The highest BCUT2D eigenvalue weighted by Crippen LogP contribution is 2.29. The number of aromatic nitrogens is 1. The minimum Gasteiger partial charge on any atom is -0.497 e. The molecule has 0 radical (unpaired) electrons. The SMILES string of the molecule is COC(=O)Cc1ccc2[nH]c3ccc(OC)cc3c2c1. The van der Waals surface area contributed by atoms with Gasteiger partial charge in [-0.25, -0.2) is 0 Å². The second-order valence-electron chi connectivity index (χ2n) is 4.67. The minimum absolute atomic E-state index is 0.234. The summed E-state index contributed by atoms with van der Waals surface area (Å²) < 4.78 is 9.97. The molecule has 0 unspecified atom stereocenters. The molecule has 0 aliphatic rings. The first-order chi connectivity index (χ1) is 9.71. The van der Waals surface area contributed by atoms with Gasteiger partial charge in [0.1, 0.15) is 5.75 Å². The lowest BCUT2D eigenvalue weighted by molar-refractivity contribution is -0.139. The van der Waals surface area contributed by atoms with Crippen LogP contribution in [0, 0.1) is 0 Å². The van der Waals surface area contributed by atoms with Crippen LogP contribution < -0.4 is 4.74 Å². The molecule has 0 saturated carbocycles. The van der Waals surface area contributed by atoms with Gasteiger partial charge in [0, 0.05) is 21.8 Å². The number of fused-ring (bicyclic) bond motifs is 3. The smallest absolute Gasteiger partial charge is 0.309 e. The Labute approximate surface area is 116 Å². The molecule has 0 saturated heterocycles. The summed E-state index contributed by atoms with van der Waals surface area (Å²) in [7, 11) is 3.05. The summed E-state index contributed by atoms with van der Waals surface area (Å²) in [5.41, 5.74) is 3.03. The zero-order valence-corrected chi connectivity index (χ0v) is 11.4. The molecule has 0 amide bonds. The predicted octanol–water partition coefficient (Wildman–Crippen LogP) is 3.05. The summed E-state index contributed by atoms with van der Waals surface area (Å²) in [6.07, 6.45) is 0.281. The van der Waals surface area contributed by atoms with Crippen LogP contribution in [0.25, 0.3) is 21.8 Å². The van der Waals surface area contributed by atoms with Crippen molar-refractivity contribution in [3.05, 3.63) is 42.0 Å². The maximum absolute atomic E-state index is 11.4. The molecular weight excluding hydrogens is 254 g/mol. The van der Waals surface area contributed by atoms with E-state index in [0.29, 0.717) is 0 Å². The van der Waals surface area contributed by atoms with Crippen molar-refractivity contribution in [2.45, 2.75) is 6.42 Å². The molecular formula is C16H15NO3. The third kappa shape index (κ3) is 2.09. The molecule has 1 N–H and O–H groups in total. The van der Waals surface area contributed by atoms with E-state index >= 15 is 0 Å². The number of rotatable bonds is 3. The number of H-pyrrole nitrogens is 1. The van der Waals surface area contributed by atoms with Crippen LogP contribution in [0.4, 0.5) is 0 Å². The highest BCUT2D eigenvalue weighted by atomic mass is 16.5. The summed E-state index contributed by atoms with van der Waals surface area (Å²) >= 11 is 0. The molecule has 0 spiro atoms. The Morgan fingerprint density at radius 1 is 1.05 bits per heavy atom. The molecule has 4 nitrogen and oxygen atoms in total. The molecule has 3 rings (SSSR count). The van der Waals surface area contributed by atoms with Gasteiger partial charge in [-0.3, -0.25) is 4.79 Å². The molecule has 0 atom stereocenters. The first kappa shape index (κ1) is 12.5. The fourth-order valence-electron chi connectivity index (χ4n) is 2.40. The highest BCUT2D eigenvalue weighted by molar-refractivity contribution is 6.08. The molecule has 0 aliphatic heterocycles. The Morgan fingerprint density at radius 3 is 2.45 bits per heavy atom. The molecule has 0 aliphatic carbocycles. The fourth-order valence-corrected chi connectivity index (χ4v) is 2.40. The number of hydrogen-bond donors (Lipinski definition) is 1. The van der Waals surface area contributed by atoms with Crippen LogP contribution >= 0.6 is 0 Å². The third-order valence-corrected chi connectivity index (χ3v) is 3.45. The van der Waals surface area contributed by atoms with Gasteiger partial charge in [-0.05, 0) is 35.9 Å². The number of carbonyl (C=O) groups excluding carboxylic acids is 1. The number of ether oxygens (including phenoxy) is 2. The zero-order chi connectivity index (χ0) is 14.1. The van der Waals surface area contributed by atoms with Gasteiger partial charge in [0.2, 0.25) is 0 Å². The summed E-state index contributed by atoms with van der Waals surface area (Å²) in [6.45, 7) is 0. The lowest BCUT2D eigenvalue weighted by atomic mass is 10.1. The van der Waals surface area contributed by atoms with Gasteiger partial charge in [-0.2, -0.15) is 0 Å². The summed E-state index contributed by atoms with van der Waals surface area (Å²) in [4.78, 5) is 14.7. The summed E-state index contributed by atoms with van der Waals surface area (Å²) in [5.74, 6) is 0.582. The fraction of sp³-hybridized carbons (Fsp3) is 0.188. The lowest BCUT2D eigenvalue weighted by Gasteiger charge is -2.01. The molecule has 102 valence electrons. The first-order valence-corrected chi connectivity index (χ1v) is 6.36. The Balaban J connectivity index is 2.15. The van der Waals surface area contributed by atoms with Crippen LogP contribution in [0.15, 0.2) is 36.4 Å².